The molecule has 1 heterocycles. The van der Waals surface area contributed by atoms with Crippen LogP contribution in [0.2, 0.25) is 4.34 Å². The number of hydrogen-bond acceptors (Lipinski definition) is 2. The van der Waals surface area contributed by atoms with Crippen molar-refractivity contribution in [3.05, 3.63) is 21.3 Å². The molecule has 1 fully saturated rings. The number of nitrogens with two attached hydrogens (primary N) is 1. The predicted octanol–water partition coefficient (Wildman–Crippen LogP) is 4.24. The predicted molar refractivity (Wildman–Crippen MR) is 72.2 cm³/mol. The van der Waals surface area contributed by atoms with Crippen molar-refractivity contribution in [2.45, 2.75) is 51.0 Å². The number of thiophene rings is 1. The van der Waals surface area contributed by atoms with E-state index in [1.807, 2.05) is 6.07 Å². The van der Waals surface area contributed by atoms with Crippen molar-refractivity contribution >= 4 is 22.9 Å². The van der Waals surface area contributed by atoms with Crippen LogP contribution < -0.4 is 5.73 Å². The Labute approximate surface area is 107 Å². The van der Waals surface area contributed by atoms with Gasteiger partial charge in [0, 0.05) is 10.9 Å². The molecule has 3 heteroatoms. The summed E-state index contributed by atoms with van der Waals surface area (Å²) in [5, 5.41) is 0. The summed E-state index contributed by atoms with van der Waals surface area (Å²) < 4.78 is 0.875. The first-order valence-electron chi connectivity index (χ1n) is 6.24. The normalized spacial score (nSPS) is 19.9. The Hall–Kier alpha value is -0.0500. The highest BCUT2D eigenvalue weighted by molar-refractivity contribution is 7.16. The second-order valence-corrected chi connectivity index (χ2v) is 6.71. The van der Waals surface area contributed by atoms with Crippen molar-refractivity contribution < 1.29 is 0 Å². The minimum absolute atomic E-state index is 0.317. The summed E-state index contributed by atoms with van der Waals surface area (Å²) in [6.07, 6.45) is 9.19. The van der Waals surface area contributed by atoms with Crippen LogP contribution in [-0.2, 0) is 6.42 Å². The van der Waals surface area contributed by atoms with Crippen LogP contribution in [0.4, 0.5) is 0 Å². The van der Waals surface area contributed by atoms with E-state index in [1.165, 1.54) is 43.4 Å². The molecule has 1 aliphatic carbocycles. The Morgan fingerprint density at radius 1 is 1.31 bits per heavy atom. The lowest BCUT2D eigenvalue weighted by Gasteiger charge is -2.24. The maximum absolute atomic E-state index is 6.21. The quantitative estimate of drug-likeness (QED) is 0.858. The van der Waals surface area contributed by atoms with Gasteiger partial charge in [-0.2, -0.15) is 0 Å². The molecular formula is C13H20ClNS. The molecule has 0 saturated heterocycles. The van der Waals surface area contributed by atoms with Crippen LogP contribution in [0.5, 0.6) is 0 Å². The summed E-state index contributed by atoms with van der Waals surface area (Å²) in [5.41, 5.74) is 6.21. The first kappa shape index (κ1) is 12.4. The van der Waals surface area contributed by atoms with Crippen LogP contribution in [0, 0.1) is 5.92 Å². The molecule has 0 bridgehead atoms. The molecule has 1 nitrogen and oxygen atoms in total. The molecule has 2 N–H and O–H groups in total. The molecule has 0 amide bonds. The summed E-state index contributed by atoms with van der Waals surface area (Å²) in [6.45, 7) is 0. The van der Waals surface area contributed by atoms with Crippen molar-refractivity contribution in [1.82, 2.24) is 0 Å². The molecule has 0 aliphatic heterocycles. The third kappa shape index (κ3) is 3.76. The van der Waals surface area contributed by atoms with Crippen LogP contribution in [0.25, 0.3) is 0 Å². The lowest BCUT2D eigenvalue weighted by atomic mass is 9.84. The molecule has 16 heavy (non-hydrogen) atoms. The van der Waals surface area contributed by atoms with Crippen LogP contribution in [0.3, 0.4) is 0 Å². The van der Waals surface area contributed by atoms with E-state index in [-0.39, 0.29) is 0 Å². The van der Waals surface area contributed by atoms with E-state index in [0.29, 0.717) is 6.04 Å². The van der Waals surface area contributed by atoms with Crippen LogP contribution in [-0.4, -0.2) is 6.04 Å². The SMILES string of the molecule is NC(Cc1ccc(Cl)s1)CC1CCCCC1. The van der Waals surface area contributed by atoms with E-state index in [4.69, 9.17) is 17.3 Å². The summed E-state index contributed by atoms with van der Waals surface area (Å²) in [6, 6.07) is 4.39. The lowest BCUT2D eigenvalue weighted by molar-refractivity contribution is 0.317. The average molecular weight is 258 g/mol. The fraction of sp³-hybridized carbons (Fsp3) is 0.692. The smallest absolute Gasteiger partial charge is 0.0931 e. The zero-order valence-electron chi connectivity index (χ0n) is 9.62. The van der Waals surface area contributed by atoms with Gasteiger partial charge in [-0.3, -0.25) is 0 Å². The van der Waals surface area contributed by atoms with E-state index in [9.17, 15) is 0 Å². The number of hydrogen-bond donors (Lipinski definition) is 1. The van der Waals surface area contributed by atoms with E-state index in [0.717, 1.165) is 16.7 Å². The highest BCUT2D eigenvalue weighted by Gasteiger charge is 2.17. The van der Waals surface area contributed by atoms with Crippen molar-refractivity contribution in [3.63, 3.8) is 0 Å². The minimum atomic E-state index is 0.317. The standard InChI is InChI=1S/C13H20ClNS/c14-13-7-6-12(16-13)9-11(15)8-10-4-2-1-3-5-10/h6-7,10-11H,1-5,8-9,15H2. The largest absolute Gasteiger partial charge is 0.327 e. The highest BCUT2D eigenvalue weighted by Crippen LogP contribution is 2.28. The van der Waals surface area contributed by atoms with Gasteiger partial charge in [0.1, 0.15) is 0 Å². The molecule has 1 aliphatic rings. The Balaban J connectivity index is 1.77. The van der Waals surface area contributed by atoms with E-state index < -0.39 is 0 Å². The summed E-state index contributed by atoms with van der Waals surface area (Å²) in [4.78, 5) is 1.33. The van der Waals surface area contributed by atoms with Crippen molar-refractivity contribution in [2.75, 3.05) is 0 Å². The van der Waals surface area contributed by atoms with Gasteiger partial charge in [-0.25, -0.2) is 0 Å². The van der Waals surface area contributed by atoms with Crippen molar-refractivity contribution in [2.24, 2.45) is 11.7 Å². The molecule has 90 valence electrons. The zero-order chi connectivity index (χ0) is 11.4. The molecule has 1 unspecified atom stereocenters. The number of halogens is 1. The van der Waals surface area contributed by atoms with Crippen LogP contribution in [0.15, 0.2) is 12.1 Å². The molecule has 1 atom stereocenters. The van der Waals surface area contributed by atoms with Gasteiger partial charge >= 0.3 is 0 Å². The molecule has 1 aromatic heterocycles. The topological polar surface area (TPSA) is 26.0 Å². The average Bonchev–Trinajstić information content (AvgIpc) is 2.65. The fourth-order valence-corrected chi connectivity index (χ4v) is 3.83. The van der Waals surface area contributed by atoms with Crippen molar-refractivity contribution in [3.8, 4) is 0 Å². The molecule has 2 rings (SSSR count). The van der Waals surface area contributed by atoms with Gasteiger partial charge in [-0.05, 0) is 30.9 Å². The second kappa shape index (κ2) is 6.04. The summed E-state index contributed by atoms with van der Waals surface area (Å²) in [5.74, 6) is 0.874. The molecule has 0 radical (unpaired) electrons. The maximum Gasteiger partial charge on any atom is 0.0931 e. The van der Waals surface area contributed by atoms with E-state index >= 15 is 0 Å². The molecule has 1 aromatic rings. The fourth-order valence-electron chi connectivity index (χ4n) is 2.65. The van der Waals surface area contributed by atoms with Crippen LogP contribution >= 0.6 is 22.9 Å². The first-order chi connectivity index (χ1) is 7.74. The molecule has 1 saturated carbocycles. The lowest BCUT2D eigenvalue weighted by Crippen LogP contribution is -2.26. The monoisotopic (exact) mass is 257 g/mol. The number of rotatable bonds is 4. The van der Waals surface area contributed by atoms with Gasteiger partial charge in [0.25, 0.3) is 0 Å². The molecular weight excluding hydrogens is 238 g/mol. The zero-order valence-corrected chi connectivity index (χ0v) is 11.2. The van der Waals surface area contributed by atoms with E-state index in [2.05, 4.69) is 6.07 Å². The summed E-state index contributed by atoms with van der Waals surface area (Å²) >= 11 is 7.58. The van der Waals surface area contributed by atoms with Gasteiger partial charge in [0.15, 0.2) is 0 Å². The first-order valence-corrected chi connectivity index (χ1v) is 7.43. The second-order valence-electron chi connectivity index (χ2n) is 4.91. The maximum atomic E-state index is 6.21. The van der Waals surface area contributed by atoms with Gasteiger partial charge in [0.05, 0.1) is 4.34 Å². The minimum Gasteiger partial charge on any atom is -0.327 e. The van der Waals surface area contributed by atoms with Crippen molar-refractivity contribution in [1.29, 1.82) is 0 Å². The van der Waals surface area contributed by atoms with Gasteiger partial charge < -0.3 is 5.73 Å². The Morgan fingerprint density at radius 3 is 2.69 bits per heavy atom. The third-order valence-electron chi connectivity index (χ3n) is 3.45. The third-order valence-corrected chi connectivity index (χ3v) is 4.71. The Kier molecular flexibility index (Phi) is 4.68. The van der Waals surface area contributed by atoms with Gasteiger partial charge in [-0.15, -0.1) is 11.3 Å². The van der Waals surface area contributed by atoms with Crippen LogP contribution in [0.1, 0.15) is 43.4 Å². The molecule has 0 aromatic carbocycles. The molecule has 0 spiro atoms. The Bertz CT molecular complexity index is 317. The highest BCUT2D eigenvalue weighted by atomic mass is 35.5. The van der Waals surface area contributed by atoms with E-state index in [1.54, 1.807) is 11.3 Å². The Morgan fingerprint density at radius 2 is 2.06 bits per heavy atom. The van der Waals surface area contributed by atoms with Gasteiger partial charge in [0.2, 0.25) is 0 Å². The van der Waals surface area contributed by atoms with Gasteiger partial charge in [-0.1, -0.05) is 43.7 Å². The summed E-state index contributed by atoms with van der Waals surface area (Å²) in [7, 11) is 0.